The predicted molar refractivity (Wildman–Crippen MR) is 84.8 cm³/mol. The van der Waals surface area contributed by atoms with E-state index in [0.717, 1.165) is 11.1 Å². The van der Waals surface area contributed by atoms with E-state index in [4.69, 9.17) is 22.1 Å². The molecule has 0 aliphatic heterocycles. The van der Waals surface area contributed by atoms with Crippen molar-refractivity contribution in [3.63, 3.8) is 0 Å². The standard InChI is InChI=1S/C16H17ClN2O2/c1-10-11(4-3-5-14(10)18)9-19-16(20)13-7-6-12(17)8-15(13)21-2/h3-8H,9,18H2,1-2H3,(H,19,20). The SMILES string of the molecule is COc1cc(Cl)ccc1C(=O)NCc1cccc(N)c1C. The van der Waals surface area contributed by atoms with Crippen LogP contribution >= 0.6 is 11.6 Å². The van der Waals surface area contributed by atoms with Gasteiger partial charge >= 0.3 is 0 Å². The van der Waals surface area contributed by atoms with Crippen LogP contribution in [0.2, 0.25) is 5.02 Å². The molecule has 0 aliphatic carbocycles. The number of hydrogen-bond donors (Lipinski definition) is 2. The van der Waals surface area contributed by atoms with E-state index in [-0.39, 0.29) is 5.91 Å². The molecule has 0 radical (unpaired) electrons. The van der Waals surface area contributed by atoms with Crippen LogP contribution < -0.4 is 15.8 Å². The van der Waals surface area contributed by atoms with E-state index in [0.29, 0.717) is 28.6 Å². The summed E-state index contributed by atoms with van der Waals surface area (Å²) in [5.41, 5.74) is 8.97. The van der Waals surface area contributed by atoms with Crippen molar-refractivity contribution in [2.24, 2.45) is 0 Å². The van der Waals surface area contributed by atoms with E-state index >= 15 is 0 Å². The first-order valence-electron chi connectivity index (χ1n) is 6.48. The van der Waals surface area contributed by atoms with Gasteiger partial charge in [0.15, 0.2) is 0 Å². The lowest BCUT2D eigenvalue weighted by molar-refractivity contribution is 0.0948. The van der Waals surface area contributed by atoms with Crippen LogP contribution in [0.1, 0.15) is 21.5 Å². The number of carbonyl (C=O) groups excluding carboxylic acids is 1. The first-order chi connectivity index (χ1) is 10.0. The highest BCUT2D eigenvalue weighted by molar-refractivity contribution is 6.30. The lowest BCUT2D eigenvalue weighted by atomic mass is 10.1. The Labute approximate surface area is 128 Å². The normalized spacial score (nSPS) is 10.2. The molecule has 2 aromatic carbocycles. The Kier molecular flexibility index (Phi) is 4.70. The third-order valence-electron chi connectivity index (χ3n) is 3.34. The Morgan fingerprint density at radius 3 is 2.81 bits per heavy atom. The van der Waals surface area contributed by atoms with Gasteiger partial charge in [-0.2, -0.15) is 0 Å². The molecule has 21 heavy (non-hydrogen) atoms. The van der Waals surface area contributed by atoms with Crippen LogP contribution in [0.3, 0.4) is 0 Å². The number of carbonyl (C=O) groups is 1. The van der Waals surface area contributed by atoms with Crippen LogP contribution in [-0.4, -0.2) is 13.0 Å². The highest BCUT2D eigenvalue weighted by atomic mass is 35.5. The number of benzene rings is 2. The molecule has 0 atom stereocenters. The van der Waals surface area contributed by atoms with Crippen molar-refractivity contribution < 1.29 is 9.53 Å². The van der Waals surface area contributed by atoms with Gasteiger partial charge in [-0.05, 0) is 42.3 Å². The molecular weight excluding hydrogens is 288 g/mol. The summed E-state index contributed by atoms with van der Waals surface area (Å²) in [6.45, 7) is 2.33. The van der Waals surface area contributed by atoms with E-state index in [9.17, 15) is 4.79 Å². The highest BCUT2D eigenvalue weighted by Gasteiger charge is 2.13. The van der Waals surface area contributed by atoms with Crippen molar-refractivity contribution in [2.75, 3.05) is 12.8 Å². The van der Waals surface area contributed by atoms with Crippen molar-refractivity contribution in [3.8, 4) is 5.75 Å². The maximum absolute atomic E-state index is 12.2. The molecule has 0 aromatic heterocycles. The molecule has 0 aliphatic rings. The second kappa shape index (κ2) is 6.50. The van der Waals surface area contributed by atoms with E-state index in [1.807, 2.05) is 25.1 Å². The number of amides is 1. The molecule has 2 rings (SSSR count). The van der Waals surface area contributed by atoms with Gasteiger partial charge in [-0.15, -0.1) is 0 Å². The minimum Gasteiger partial charge on any atom is -0.496 e. The minimum atomic E-state index is -0.217. The highest BCUT2D eigenvalue weighted by Crippen LogP contribution is 2.23. The van der Waals surface area contributed by atoms with Gasteiger partial charge in [0.2, 0.25) is 0 Å². The molecule has 0 unspecified atom stereocenters. The fourth-order valence-corrected chi connectivity index (χ4v) is 2.18. The summed E-state index contributed by atoms with van der Waals surface area (Å²) in [6, 6.07) is 10.6. The van der Waals surface area contributed by atoms with Crippen molar-refractivity contribution >= 4 is 23.2 Å². The zero-order valence-corrected chi connectivity index (χ0v) is 12.7. The molecule has 2 aromatic rings. The van der Waals surface area contributed by atoms with Gasteiger partial charge in [-0.25, -0.2) is 0 Å². The summed E-state index contributed by atoms with van der Waals surface area (Å²) in [7, 11) is 1.50. The van der Waals surface area contributed by atoms with Crippen LogP contribution in [0, 0.1) is 6.92 Å². The number of halogens is 1. The van der Waals surface area contributed by atoms with Crippen LogP contribution in [0.5, 0.6) is 5.75 Å². The first-order valence-corrected chi connectivity index (χ1v) is 6.86. The summed E-state index contributed by atoms with van der Waals surface area (Å²) in [5, 5.41) is 3.38. The molecule has 110 valence electrons. The first kappa shape index (κ1) is 15.2. The van der Waals surface area contributed by atoms with Crippen molar-refractivity contribution in [1.82, 2.24) is 5.32 Å². The van der Waals surface area contributed by atoms with Crippen molar-refractivity contribution in [2.45, 2.75) is 13.5 Å². The average Bonchev–Trinajstić information content (AvgIpc) is 2.48. The topological polar surface area (TPSA) is 64.3 Å². The monoisotopic (exact) mass is 304 g/mol. The number of ether oxygens (including phenoxy) is 1. The largest absolute Gasteiger partial charge is 0.496 e. The Bertz CT molecular complexity index is 671. The lowest BCUT2D eigenvalue weighted by Crippen LogP contribution is -2.23. The Hall–Kier alpha value is -2.20. The number of nitrogen functional groups attached to an aromatic ring is 1. The van der Waals surface area contributed by atoms with Gasteiger partial charge in [0, 0.05) is 17.3 Å². The van der Waals surface area contributed by atoms with Crippen molar-refractivity contribution in [1.29, 1.82) is 0 Å². The fourth-order valence-electron chi connectivity index (χ4n) is 2.02. The molecule has 3 N–H and O–H groups in total. The number of nitrogens with two attached hydrogens (primary N) is 1. The van der Waals surface area contributed by atoms with E-state index in [1.165, 1.54) is 7.11 Å². The molecule has 4 nitrogen and oxygen atoms in total. The van der Waals surface area contributed by atoms with Crippen LogP contribution in [0.4, 0.5) is 5.69 Å². The van der Waals surface area contributed by atoms with Gasteiger partial charge in [0.1, 0.15) is 5.75 Å². The average molecular weight is 305 g/mol. The zero-order valence-electron chi connectivity index (χ0n) is 11.9. The Morgan fingerprint density at radius 2 is 2.10 bits per heavy atom. The zero-order chi connectivity index (χ0) is 15.4. The number of methoxy groups -OCH3 is 1. The molecule has 1 amide bonds. The molecule has 0 heterocycles. The molecule has 0 spiro atoms. The molecule has 0 bridgehead atoms. The third kappa shape index (κ3) is 3.47. The van der Waals surface area contributed by atoms with Gasteiger partial charge in [-0.3, -0.25) is 4.79 Å². The number of rotatable bonds is 4. The second-order valence-electron chi connectivity index (χ2n) is 4.66. The predicted octanol–water partition coefficient (Wildman–Crippen LogP) is 3.17. The number of anilines is 1. The molecule has 0 fully saturated rings. The fraction of sp³-hybridized carbons (Fsp3) is 0.188. The van der Waals surface area contributed by atoms with Crippen LogP contribution in [0.25, 0.3) is 0 Å². The van der Waals surface area contributed by atoms with Gasteiger partial charge in [-0.1, -0.05) is 23.7 Å². The van der Waals surface area contributed by atoms with Gasteiger partial charge in [0.05, 0.1) is 12.7 Å². The summed E-state index contributed by atoms with van der Waals surface area (Å²) in [6.07, 6.45) is 0. The summed E-state index contributed by atoms with van der Waals surface area (Å²) in [4.78, 5) is 12.2. The van der Waals surface area contributed by atoms with Gasteiger partial charge in [0.25, 0.3) is 5.91 Å². The van der Waals surface area contributed by atoms with Crippen molar-refractivity contribution in [3.05, 3.63) is 58.1 Å². The summed E-state index contributed by atoms with van der Waals surface area (Å²) < 4.78 is 5.18. The number of hydrogen-bond acceptors (Lipinski definition) is 3. The molecule has 0 saturated heterocycles. The summed E-state index contributed by atoms with van der Waals surface area (Å²) >= 11 is 5.89. The quantitative estimate of drug-likeness (QED) is 0.853. The third-order valence-corrected chi connectivity index (χ3v) is 3.57. The molecular formula is C16H17ClN2O2. The Morgan fingerprint density at radius 1 is 1.33 bits per heavy atom. The minimum absolute atomic E-state index is 0.217. The number of nitrogens with one attached hydrogen (secondary N) is 1. The maximum atomic E-state index is 12.2. The lowest BCUT2D eigenvalue weighted by Gasteiger charge is -2.12. The smallest absolute Gasteiger partial charge is 0.255 e. The molecule has 5 heteroatoms. The van der Waals surface area contributed by atoms with Crippen LogP contribution in [-0.2, 0) is 6.54 Å². The van der Waals surface area contributed by atoms with Crippen LogP contribution in [0.15, 0.2) is 36.4 Å². The van der Waals surface area contributed by atoms with E-state index < -0.39 is 0 Å². The maximum Gasteiger partial charge on any atom is 0.255 e. The van der Waals surface area contributed by atoms with Gasteiger partial charge < -0.3 is 15.8 Å². The van der Waals surface area contributed by atoms with E-state index in [1.54, 1.807) is 18.2 Å². The molecule has 0 saturated carbocycles. The van der Waals surface area contributed by atoms with E-state index in [2.05, 4.69) is 5.32 Å². The second-order valence-corrected chi connectivity index (χ2v) is 5.10. The Balaban J connectivity index is 2.14. The summed E-state index contributed by atoms with van der Waals surface area (Å²) in [5.74, 6) is 0.231.